The van der Waals surface area contributed by atoms with E-state index in [1.165, 1.54) is 0 Å². The Morgan fingerprint density at radius 3 is 2.17 bits per heavy atom. The average Bonchev–Trinajstić information content (AvgIpc) is 2.45. The minimum Gasteiger partial charge on any atom is -0.460 e. The molecule has 0 unspecified atom stereocenters. The molecule has 1 aromatic carbocycles. The molecule has 0 spiro atoms. The van der Waals surface area contributed by atoms with Crippen molar-refractivity contribution in [2.45, 2.75) is 54.6 Å². The largest absolute Gasteiger partial charge is 0.460 e. The molecule has 0 atom stereocenters. The van der Waals surface area contributed by atoms with E-state index in [-0.39, 0.29) is 12.6 Å². The quantitative estimate of drug-likeness (QED) is 0.836. The van der Waals surface area contributed by atoms with E-state index in [0.717, 1.165) is 23.1 Å². The van der Waals surface area contributed by atoms with E-state index in [1.54, 1.807) is 0 Å². The van der Waals surface area contributed by atoms with Gasteiger partial charge in [0.15, 0.2) is 0 Å². The Hall–Kier alpha value is -2.04. The van der Waals surface area contributed by atoms with Crippen molar-refractivity contribution in [1.82, 2.24) is 5.32 Å². The number of rotatable bonds is 5. The van der Waals surface area contributed by atoms with Crippen molar-refractivity contribution in [3.8, 4) is 5.75 Å². The highest BCUT2D eigenvalue weighted by atomic mass is 16.6. The Morgan fingerprint density at radius 1 is 1.13 bits per heavy atom. The monoisotopic (exact) mass is 321 g/mol. The number of benzene rings is 1. The lowest BCUT2D eigenvalue weighted by molar-refractivity contribution is -0.154. The summed E-state index contributed by atoms with van der Waals surface area (Å²) in [5.41, 5.74) is 2.01. The minimum absolute atomic E-state index is 0.208. The molecular formula is C18H27NO4. The molecule has 5 heteroatoms. The van der Waals surface area contributed by atoms with E-state index in [9.17, 15) is 9.59 Å². The van der Waals surface area contributed by atoms with Crippen molar-refractivity contribution >= 4 is 12.1 Å². The molecule has 0 aliphatic rings. The number of hydrogen-bond acceptors (Lipinski definition) is 4. The normalized spacial score (nSPS) is 11.0. The van der Waals surface area contributed by atoms with Gasteiger partial charge in [-0.05, 0) is 69.9 Å². The summed E-state index contributed by atoms with van der Waals surface area (Å²) in [7, 11) is 0. The zero-order chi connectivity index (χ0) is 17.6. The molecule has 1 aromatic rings. The fourth-order valence-electron chi connectivity index (χ4n) is 2.01. The van der Waals surface area contributed by atoms with Gasteiger partial charge in [-0.15, -0.1) is 0 Å². The van der Waals surface area contributed by atoms with Crippen LogP contribution in [0.5, 0.6) is 5.75 Å². The molecule has 5 nitrogen and oxygen atoms in total. The van der Waals surface area contributed by atoms with E-state index in [4.69, 9.17) is 9.47 Å². The molecular weight excluding hydrogens is 294 g/mol. The standard InChI is InChI=1S/C18H27NO4/c1-7-8-19-17(21)23-15-12(2)9-14(10-13(15)3)11-22-16(20)18(4,5)6/h9-10H,7-8,11H2,1-6H3,(H,19,21). The van der Waals surface area contributed by atoms with E-state index in [0.29, 0.717) is 12.3 Å². The van der Waals surface area contributed by atoms with Gasteiger partial charge in [0.2, 0.25) is 0 Å². The summed E-state index contributed by atoms with van der Waals surface area (Å²) in [5, 5.41) is 2.68. The summed E-state index contributed by atoms with van der Waals surface area (Å²) < 4.78 is 10.7. The lowest BCUT2D eigenvalue weighted by atomic mass is 9.97. The van der Waals surface area contributed by atoms with Crippen LogP contribution >= 0.6 is 0 Å². The first-order chi connectivity index (χ1) is 10.6. The number of nitrogens with one attached hydrogen (secondary N) is 1. The van der Waals surface area contributed by atoms with Gasteiger partial charge in [0.05, 0.1) is 5.41 Å². The second kappa shape index (κ2) is 7.99. The summed E-state index contributed by atoms with van der Waals surface area (Å²) in [6.45, 7) is 11.9. The molecule has 0 fully saturated rings. The van der Waals surface area contributed by atoms with Crippen molar-refractivity contribution in [2.75, 3.05) is 6.54 Å². The molecule has 0 bridgehead atoms. The number of hydrogen-bond donors (Lipinski definition) is 1. The first-order valence-corrected chi connectivity index (χ1v) is 7.88. The van der Waals surface area contributed by atoms with Crippen LogP contribution in [0.4, 0.5) is 4.79 Å². The number of carbonyl (C=O) groups is 2. The first kappa shape index (κ1) is 19.0. The number of ether oxygens (including phenoxy) is 2. The van der Waals surface area contributed by atoms with Crippen molar-refractivity contribution < 1.29 is 19.1 Å². The van der Waals surface area contributed by atoms with E-state index < -0.39 is 11.5 Å². The van der Waals surface area contributed by atoms with Gasteiger partial charge in [0, 0.05) is 6.54 Å². The number of aryl methyl sites for hydroxylation is 2. The molecule has 0 aromatic heterocycles. The summed E-state index contributed by atoms with van der Waals surface area (Å²) in [5.74, 6) is 0.302. The molecule has 128 valence electrons. The second-order valence-corrected chi connectivity index (χ2v) is 6.70. The van der Waals surface area contributed by atoms with Crippen LogP contribution in [0.15, 0.2) is 12.1 Å². The zero-order valence-electron chi connectivity index (χ0n) is 14.9. The summed E-state index contributed by atoms with van der Waals surface area (Å²) in [6, 6.07) is 3.73. The fourth-order valence-corrected chi connectivity index (χ4v) is 2.01. The topological polar surface area (TPSA) is 64.6 Å². The van der Waals surface area contributed by atoms with Gasteiger partial charge >= 0.3 is 12.1 Å². The SMILES string of the molecule is CCCNC(=O)Oc1c(C)cc(COC(=O)C(C)(C)C)cc1C. The van der Waals surface area contributed by atoms with Crippen molar-refractivity contribution in [3.63, 3.8) is 0 Å². The highest BCUT2D eigenvalue weighted by molar-refractivity contribution is 5.75. The third kappa shape index (κ3) is 5.93. The van der Waals surface area contributed by atoms with E-state index in [2.05, 4.69) is 5.32 Å². The van der Waals surface area contributed by atoms with Crippen molar-refractivity contribution in [2.24, 2.45) is 5.41 Å². The van der Waals surface area contributed by atoms with E-state index in [1.807, 2.05) is 53.7 Å². The number of esters is 1. The zero-order valence-corrected chi connectivity index (χ0v) is 14.9. The summed E-state index contributed by atoms with van der Waals surface area (Å²) >= 11 is 0. The van der Waals surface area contributed by atoms with Crippen molar-refractivity contribution in [3.05, 3.63) is 28.8 Å². The Morgan fingerprint density at radius 2 is 1.70 bits per heavy atom. The van der Waals surface area contributed by atoms with Crippen LogP contribution in [0.2, 0.25) is 0 Å². The second-order valence-electron chi connectivity index (χ2n) is 6.70. The van der Waals surface area contributed by atoms with Crippen LogP contribution in [-0.4, -0.2) is 18.6 Å². The molecule has 23 heavy (non-hydrogen) atoms. The molecule has 1 rings (SSSR count). The van der Waals surface area contributed by atoms with Gasteiger partial charge in [-0.25, -0.2) is 4.79 Å². The van der Waals surface area contributed by atoms with Crippen LogP contribution in [0, 0.1) is 19.3 Å². The smallest absolute Gasteiger partial charge is 0.412 e. The maximum atomic E-state index is 11.8. The molecule has 0 saturated heterocycles. The first-order valence-electron chi connectivity index (χ1n) is 7.88. The lowest BCUT2D eigenvalue weighted by Gasteiger charge is -2.17. The molecule has 1 N–H and O–H groups in total. The Labute approximate surface area is 138 Å². The van der Waals surface area contributed by atoms with Crippen LogP contribution in [0.1, 0.15) is 50.8 Å². The van der Waals surface area contributed by atoms with Gasteiger partial charge in [-0.1, -0.05) is 6.92 Å². The van der Waals surface area contributed by atoms with Gasteiger partial charge in [0.1, 0.15) is 12.4 Å². The maximum Gasteiger partial charge on any atom is 0.412 e. The highest BCUT2D eigenvalue weighted by Gasteiger charge is 2.23. The molecule has 0 aliphatic carbocycles. The van der Waals surface area contributed by atoms with Crippen LogP contribution in [0.25, 0.3) is 0 Å². The van der Waals surface area contributed by atoms with Gasteiger partial charge in [-0.3, -0.25) is 4.79 Å². The Kier molecular flexibility index (Phi) is 6.61. The molecule has 0 heterocycles. The Balaban J connectivity index is 2.77. The Bertz CT molecular complexity index is 550. The molecule has 1 amide bonds. The van der Waals surface area contributed by atoms with Crippen LogP contribution in [-0.2, 0) is 16.1 Å². The lowest BCUT2D eigenvalue weighted by Crippen LogP contribution is -2.27. The van der Waals surface area contributed by atoms with Crippen molar-refractivity contribution in [1.29, 1.82) is 0 Å². The highest BCUT2D eigenvalue weighted by Crippen LogP contribution is 2.26. The van der Waals surface area contributed by atoms with E-state index >= 15 is 0 Å². The van der Waals surface area contributed by atoms with Crippen LogP contribution < -0.4 is 10.1 Å². The predicted molar refractivity (Wildman–Crippen MR) is 89.5 cm³/mol. The average molecular weight is 321 g/mol. The molecule has 0 aliphatic heterocycles. The fraction of sp³-hybridized carbons (Fsp3) is 0.556. The van der Waals surface area contributed by atoms with Gasteiger partial charge < -0.3 is 14.8 Å². The summed E-state index contributed by atoms with van der Waals surface area (Å²) in [6.07, 6.45) is 0.399. The minimum atomic E-state index is -0.523. The van der Waals surface area contributed by atoms with Gasteiger partial charge in [-0.2, -0.15) is 0 Å². The maximum absolute atomic E-state index is 11.8. The predicted octanol–water partition coefficient (Wildman–Crippen LogP) is 3.89. The van der Waals surface area contributed by atoms with Crippen LogP contribution in [0.3, 0.4) is 0 Å². The summed E-state index contributed by atoms with van der Waals surface area (Å²) in [4.78, 5) is 23.5. The number of carbonyl (C=O) groups excluding carboxylic acids is 2. The third-order valence-corrected chi connectivity index (χ3v) is 3.22. The third-order valence-electron chi connectivity index (χ3n) is 3.22. The molecule has 0 saturated carbocycles. The molecule has 0 radical (unpaired) electrons. The number of amides is 1. The van der Waals surface area contributed by atoms with Gasteiger partial charge in [0.25, 0.3) is 0 Å².